The average Bonchev–Trinajstić information content (AvgIpc) is 3.17. The number of ether oxygens (including phenoxy) is 2. The molecular weight excluding hydrogens is 688 g/mol. The van der Waals surface area contributed by atoms with Crippen LogP contribution in [0, 0.1) is 58.8 Å². The van der Waals surface area contributed by atoms with Gasteiger partial charge in [-0.15, -0.1) is 0 Å². The molecule has 4 aromatic carbocycles. The monoisotopic (exact) mass is 728 g/mol. The number of rotatable bonds is 5. The van der Waals surface area contributed by atoms with E-state index in [0.29, 0.717) is 31.2 Å². The van der Waals surface area contributed by atoms with Gasteiger partial charge in [0.25, 0.3) is 5.91 Å². The molecule has 0 aliphatic carbocycles. The minimum Gasteiger partial charge on any atom is -0.478 e. The van der Waals surface area contributed by atoms with Crippen LogP contribution in [-0.2, 0) is 9.47 Å². The molecule has 11 heteroatoms. The first kappa shape index (κ1) is 40.3. The van der Waals surface area contributed by atoms with Crippen LogP contribution in [0.4, 0.5) is 17.6 Å². The largest absolute Gasteiger partial charge is 0.478 e. The zero-order chi connectivity index (χ0) is 38.0. The van der Waals surface area contributed by atoms with Gasteiger partial charge in [0.1, 0.15) is 23.3 Å². The molecule has 0 radical (unpaired) electrons. The van der Waals surface area contributed by atoms with Gasteiger partial charge in [-0.05, 0) is 105 Å². The van der Waals surface area contributed by atoms with Crippen molar-refractivity contribution in [3.8, 4) is 23.7 Å². The number of benzene rings is 4. The Kier molecular flexibility index (Phi) is 16.1. The second kappa shape index (κ2) is 21.2. The molecule has 2 fully saturated rings. The molecule has 0 bridgehead atoms. The summed E-state index contributed by atoms with van der Waals surface area (Å²) < 4.78 is 64.9. The summed E-state index contributed by atoms with van der Waals surface area (Å²) in [5.74, 6) is 7.46. The number of halogens is 4. The van der Waals surface area contributed by atoms with E-state index in [2.05, 4.69) is 29.0 Å². The Bertz CT molecular complexity index is 1970. The van der Waals surface area contributed by atoms with Crippen molar-refractivity contribution in [1.82, 2.24) is 5.32 Å². The van der Waals surface area contributed by atoms with E-state index in [4.69, 9.17) is 20.3 Å². The van der Waals surface area contributed by atoms with Gasteiger partial charge in [-0.1, -0.05) is 47.9 Å². The first-order chi connectivity index (χ1) is 25.6. The number of amides is 1. The fourth-order valence-corrected chi connectivity index (χ4v) is 5.21. The Labute approximate surface area is 306 Å². The lowest BCUT2D eigenvalue weighted by Gasteiger charge is -2.22. The number of hydrogen-bond acceptors (Lipinski definition) is 5. The minimum absolute atomic E-state index is 0.0199. The van der Waals surface area contributed by atoms with Crippen LogP contribution in [0.15, 0.2) is 84.9 Å². The van der Waals surface area contributed by atoms with Crippen molar-refractivity contribution in [2.45, 2.75) is 25.7 Å². The zero-order valence-corrected chi connectivity index (χ0v) is 29.0. The van der Waals surface area contributed by atoms with Crippen molar-refractivity contribution in [1.29, 1.82) is 0 Å². The Hall–Kier alpha value is -5.46. The third kappa shape index (κ3) is 13.2. The van der Waals surface area contributed by atoms with Gasteiger partial charge in [0.2, 0.25) is 0 Å². The van der Waals surface area contributed by atoms with Crippen LogP contribution in [-0.4, -0.2) is 56.5 Å². The van der Waals surface area contributed by atoms with E-state index in [9.17, 15) is 27.2 Å². The second-order valence-corrected chi connectivity index (χ2v) is 12.2. The summed E-state index contributed by atoms with van der Waals surface area (Å²) in [7, 11) is 0. The maximum Gasteiger partial charge on any atom is 0.338 e. The van der Waals surface area contributed by atoms with E-state index in [1.807, 2.05) is 0 Å². The Morgan fingerprint density at radius 1 is 0.642 bits per heavy atom. The number of aromatic carboxylic acids is 1. The van der Waals surface area contributed by atoms with Gasteiger partial charge in [-0.2, -0.15) is 0 Å². The van der Waals surface area contributed by atoms with Gasteiger partial charge in [-0.3, -0.25) is 4.79 Å². The Morgan fingerprint density at radius 2 is 1.09 bits per heavy atom. The normalized spacial score (nSPS) is 14.1. The molecule has 276 valence electrons. The minimum atomic E-state index is -1.34. The molecule has 2 saturated heterocycles. The van der Waals surface area contributed by atoms with Crippen LogP contribution in [0.5, 0.6) is 0 Å². The molecule has 1 amide bonds. The van der Waals surface area contributed by atoms with E-state index in [-0.39, 0.29) is 22.3 Å². The molecule has 0 unspecified atom stereocenters. The first-order valence-corrected chi connectivity index (χ1v) is 17.1. The van der Waals surface area contributed by atoms with E-state index in [1.165, 1.54) is 36.4 Å². The van der Waals surface area contributed by atoms with Crippen LogP contribution >= 0.6 is 0 Å². The summed E-state index contributed by atoms with van der Waals surface area (Å²) in [4.78, 5) is 22.8. The number of hydrogen-bond donors (Lipinski definition) is 3. The number of nitrogens with one attached hydrogen (secondary N) is 1. The highest BCUT2D eigenvalue weighted by Gasteiger charge is 2.17. The smallest absolute Gasteiger partial charge is 0.338 e. The van der Waals surface area contributed by atoms with E-state index >= 15 is 0 Å². The lowest BCUT2D eigenvalue weighted by molar-refractivity contribution is 0.0642. The summed E-state index contributed by atoms with van der Waals surface area (Å²) in [6, 6.07) is 19.8. The third-order valence-electron chi connectivity index (χ3n) is 8.41. The molecule has 0 saturated carbocycles. The van der Waals surface area contributed by atoms with Crippen LogP contribution in [0.2, 0.25) is 0 Å². The van der Waals surface area contributed by atoms with Crippen molar-refractivity contribution < 1.29 is 41.7 Å². The van der Waals surface area contributed by atoms with E-state index in [0.717, 1.165) is 63.5 Å². The van der Waals surface area contributed by atoms with E-state index in [1.54, 1.807) is 36.4 Å². The maximum absolute atomic E-state index is 14.2. The first-order valence-electron chi connectivity index (χ1n) is 17.1. The number of carbonyl (C=O) groups is 2. The molecule has 0 spiro atoms. The number of nitrogens with two attached hydrogens (primary N) is 1. The summed E-state index contributed by atoms with van der Waals surface area (Å²) in [6.07, 6.45) is 4.12. The van der Waals surface area contributed by atoms with Crippen molar-refractivity contribution in [2.75, 3.05) is 39.5 Å². The third-order valence-corrected chi connectivity index (χ3v) is 8.41. The fraction of sp³-hybridized carbons (Fsp3) is 0.286. The molecule has 7 nitrogen and oxygen atoms in total. The number of carbonyl (C=O) groups excluding carboxylic acids is 1. The van der Waals surface area contributed by atoms with Crippen LogP contribution < -0.4 is 11.1 Å². The predicted octanol–water partition coefficient (Wildman–Crippen LogP) is 6.96. The molecule has 53 heavy (non-hydrogen) atoms. The fourth-order valence-electron chi connectivity index (χ4n) is 5.21. The molecule has 0 atom stereocenters. The topological polar surface area (TPSA) is 111 Å². The average molecular weight is 729 g/mol. The van der Waals surface area contributed by atoms with Gasteiger partial charge >= 0.3 is 5.97 Å². The van der Waals surface area contributed by atoms with Gasteiger partial charge in [-0.25, -0.2) is 22.4 Å². The van der Waals surface area contributed by atoms with E-state index < -0.39 is 40.7 Å². The Morgan fingerprint density at radius 3 is 1.51 bits per heavy atom. The lowest BCUT2D eigenvalue weighted by Crippen LogP contribution is -2.32. The highest BCUT2D eigenvalue weighted by molar-refractivity contribution is 5.94. The standard InChI is InChI=1S/C21H19F2NO2.C15H8F2O2.C6H13NO/c22-19-4-2-1-3-17(19)7-5-15-6-8-18(20(23)13-15)21(25)24-14-16-9-11-26-12-10-16;16-13-4-2-1-3-11(13)7-5-10-6-8-12(15(18)19)14(17)9-10;7-5-6-1-3-8-4-2-6/h1-4,6,8,13,16H,9-12,14H2,(H,24,25);1-4,6,8-9H,(H,18,19);6H,1-5,7H2. The van der Waals surface area contributed by atoms with Crippen LogP contribution in [0.1, 0.15) is 68.7 Å². The molecule has 2 aliphatic rings. The zero-order valence-electron chi connectivity index (χ0n) is 29.0. The van der Waals surface area contributed by atoms with Gasteiger partial charge in [0, 0.05) is 44.1 Å². The highest BCUT2D eigenvalue weighted by atomic mass is 19.1. The summed E-state index contributed by atoms with van der Waals surface area (Å²) in [5.41, 5.74) is 6.11. The van der Waals surface area contributed by atoms with Crippen molar-refractivity contribution >= 4 is 11.9 Å². The van der Waals surface area contributed by atoms with Crippen molar-refractivity contribution in [3.05, 3.63) is 142 Å². The number of carboxylic acids is 1. The van der Waals surface area contributed by atoms with Crippen molar-refractivity contribution in [3.63, 3.8) is 0 Å². The lowest BCUT2D eigenvalue weighted by atomic mass is 10.0. The molecular formula is C42H40F4N2O5. The molecule has 4 N–H and O–H groups in total. The number of carboxylic acid groups (broad SMARTS) is 1. The molecule has 2 aliphatic heterocycles. The van der Waals surface area contributed by atoms with Crippen LogP contribution in [0.25, 0.3) is 0 Å². The van der Waals surface area contributed by atoms with Crippen LogP contribution in [0.3, 0.4) is 0 Å². The quantitative estimate of drug-likeness (QED) is 0.152. The predicted molar refractivity (Wildman–Crippen MR) is 193 cm³/mol. The molecule has 2 heterocycles. The van der Waals surface area contributed by atoms with Gasteiger partial charge in [0.05, 0.1) is 22.3 Å². The summed E-state index contributed by atoms with van der Waals surface area (Å²) >= 11 is 0. The maximum atomic E-state index is 14.2. The summed E-state index contributed by atoms with van der Waals surface area (Å²) in [6.45, 7) is 4.58. The molecule has 0 aromatic heterocycles. The van der Waals surface area contributed by atoms with Crippen molar-refractivity contribution in [2.24, 2.45) is 17.6 Å². The highest BCUT2D eigenvalue weighted by Crippen LogP contribution is 2.16. The molecule has 4 aromatic rings. The second-order valence-electron chi connectivity index (χ2n) is 12.2. The van der Waals surface area contributed by atoms with Gasteiger partial charge < -0.3 is 25.6 Å². The molecule has 6 rings (SSSR count). The van der Waals surface area contributed by atoms with Gasteiger partial charge in [0.15, 0.2) is 0 Å². The summed E-state index contributed by atoms with van der Waals surface area (Å²) in [5, 5.41) is 11.4. The Balaban J connectivity index is 0.000000202. The SMILES string of the molecule is NCC1CCOCC1.O=C(NCC1CCOCC1)c1ccc(C#Cc2ccccc2F)cc1F.O=C(O)c1ccc(C#Cc2ccccc2F)cc1F.